The third-order valence-corrected chi connectivity index (χ3v) is 6.28. The molecular weight excluding hydrogens is 348 g/mol. The van der Waals surface area contributed by atoms with Crippen molar-refractivity contribution in [3.05, 3.63) is 70.5 Å². The third-order valence-electron chi connectivity index (χ3n) is 6.28. The molecule has 1 saturated heterocycles. The number of likely N-dealkylation sites (tertiary alicyclic amines) is 1. The minimum atomic E-state index is -0.132. The summed E-state index contributed by atoms with van der Waals surface area (Å²) in [6.45, 7) is 3.18. The molecule has 28 heavy (non-hydrogen) atoms. The van der Waals surface area contributed by atoms with Crippen LogP contribution in [0.3, 0.4) is 0 Å². The maximum absolute atomic E-state index is 13.4. The Labute approximate surface area is 164 Å². The van der Waals surface area contributed by atoms with E-state index in [1.807, 2.05) is 30.2 Å². The summed E-state index contributed by atoms with van der Waals surface area (Å²) in [5.74, 6) is 0.0361. The molecule has 0 saturated carbocycles. The van der Waals surface area contributed by atoms with Crippen molar-refractivity contribution in [2.45, 2.75) is 32.6 Å². The lowest BCUT2D eigenvalue weighted by Gasteiger charge is -2.32. The number of aryl methyl sites for hydroxylation is 3. The van der Waals surface area contributed by atoms with Gasteiger partial charge < -0.3 is 9.88 Å². The number of piperidine rings is 1. The van der Waals surface area contributed by atoms with Gasteiger partial charge in [-0.3, -0.25) is 9.59 Å². The highest BCUT2D eigenvalue weighted by atomic mass is 16.2. The summed E-state index contributed by atoms with van der Waals surface area (Å²) < 4.78 is 0. The van der Waals surface area contributed by atoms with Crippen LogP contribution in [0.4, 0.5) is 0 Å². The summed E-state index contributed by atoms with van der Waals surface area (Å²) >= 11 is 0. The number of aromatic nitrogens is 1. The Morgan fingerprint density at radius 1 is 1.11 bits per heavy atom. The molecule has 3 aromatic rings. The number of hydrogen-bond donors (Lipinski definition) is 1. The predicted molar refractivity (Wildman–Crippen MR) is 110 cm³/mol. The fraction of sp³-hybridized carbons (Fsp3) is 0.333. The Morgan fingerprint density at radius 2 is 1.93 bits per heavy atom. The van der Waals surface area contributed by atoms with Crippen LogP contribution in [0.5, 0.6) is 0 Å². The molecule has 4 nitrogen and oxygen atoms in total. The van der Waals surface area contributed by atoms with Crippen molar-refractivity contribution in [3.63, 3.8) is 0 Å². The molecule has 1 aliphatic carbocycles. The number of carbonyl (C=O) groups is 2. The highest BCUT2D eigenvalue weighted by Gasteiger charge is 2.31. The Bertz CT molecular complexity index is 1080. The maximum atomic E-state index is 13.4. The molecule has 0 spiro atoms. The van der Waals surface area contributed by atoms with Crippen LogP contribution in [-0.2, 0) is 12.8 Å². The first-order chi connectivity index (χ1) is 13.6. The number of nitrogens with zero attached hydrogens (tertiary/aromatic N) is 1. The van der Waals surface area contributed by atoms with E-state index in [1.165, 1.54) is 16.5 Å². The number of ketones is 1. The zero-order valence-corrected chi connectivity index (χ0v) is 16.1. The molecule has 1 aromatic heterocycles. The fourth-order valence-corrected chi connectivity index (χ4v) is 4.85. The van der Waals surface area contributed by atoms with E-state index in [4.69, 9.17) is 0 Å². The Balaban J connectivity index is 1.43. The lowest BCUT2D eigenvalue weighted by molar-refractivity contribution is 0.0633. The number of aromatic amines is 1. The van der Waals surface area contributed by atoms with Gasteiger partial charge in [0.15, 0.2) is 5.78 Å². The SMILES string of the molecule is Cc1c[nH]c(C(=O)N2CCCC(C(=O)c3ccc4c5c(cccc35)CC4)C2)c1. The van der Waals surface area contributed by atoms with Crippen LogP contribution in [0, 0.1) is 12.8 Å². The van der Waals surface area contributed by atoms with Crippen molar-refractivity contribution in [2.75, 3.05) is 13.1 Å². The fourth-order valence-electron chi connectivity index (χ4n) is 4.85. The first-order valence-corrected chi connectivity index (χ1v) is 10.1. The Morgan fingerprint density at radius 3 is 2.71 bits per heavy atom. The average Bonchev–Trinajstić information content (AvgIpc) is 3.35. The van der Waals surface area contributed by atoms with Gasteiger partial charge in [-0.25, -0.2) is 0 Å². The molecule has 142 valence electrons. The van der Waals surface area contributed by atoms with Crippen LogP contribution in [0.15, 0.2) is 42.6 Å². The van der Waals surface area contributed by atoms with E-state index in [9.17, 15) is 9.59 Å². The lowest BCUT2D eigenvalue weighted by atomic mass is 9.87. The molecule has 0 radical (unpaired) electrons. The molecule has 2 aromatic carbocycles. The van der Waals surface area contributed by atoms with Crippen molar-refractivity contribution in [3.8, 4) is 0 Å². The van der Waals surface area contributed by atoms with Crippen LogP contribution in [0.25, 0.3) is 10.8 Å². The molecule has 1 amide bonds. The quantitative estimate of drug-likeness (QED) is 0.697. The molecular formula is C24H24N2O2. The standard InChI is InChI=1S/C24H24N2O2/c1-15-12-21(25-13-15)24(28)26-11-3-5-18(14-26)23(27)20-10-9-17-8-7-16-4-2-6-19(20)22(16)17/h2,4,6,9-10,12-13,18,25H,3,5,7-8,11,14H2,1H3. The van der Waals surface area contributed by atoms with Gasteiger partial charge in [-0.2, -0.15) is 0 Å². The van der Waals surface area contributed by atoms with E-state index < -0.39 is 0 Å². The summed E-state index contributed by atoms with van der Waals surface area (Å²) in [5.41, 5.74) is 5.17. The van der Waals surface area contributed by atoms with Gasteiger partial charge in [-0.15, -0.1) is 0 Å². The molecule has 4 heteroatoms. The van der Waals surface area contributed by atoms with E-state index in [0.717, 1.165) is 42.2 Å². The Kier molecular flexibility index (Phi) is 4.08. The minimum absolute atomic E-state index is 0.00833. The molecule has 5 rings (SSSR count). The molecule has 1 fully saturated rings. The Hall–Kier alpha value is -2.88. The van der Waals surface area contributed by atoms with E-state index in [1.54, 1.807) is 0 Å². The molecule has 1 aliphatic heterocycles. The molecule has 0 bridgehead atoms. The molecule has 1 N–H and O–H groups in total. The van der Waals surface area contributed by atoms with E-state index >= 15 is 0 Å². The van der Waals surface area contributed by atoms with Crippen LogP contribution in [0.2, 0.25) is 0 Å². The summed E-state index contributed by atoms with van der Waals surface area (Å²) in [7, 11) is 0. The largest absolute Gasteiger partial charge is 0.357 e. The highest BCUT2D eigenvalue weighted by molar-refractivity contribution is 6.11. The number of H-pyrrole nitrogens is 1. The minimum Gasteiger partial charge on any atom is -0.357 e. The van der Waals surface area contributed by atoms with Crippen LogP contribution in [-0.4, -0.2) is 34.7 Å². The molecule has 2 aliphatic rings. The zero-order valence-electron chi connectivity index (χ0n) is 16.1. The van der Waals surface area contributed by atoms with Crippen molar-refractivity contribution in [2.24, 2.45) is 5.92 Å². The van der Waals surface area contributed by atoms with E-state index in [2.05, 4.69) is 29.2 Å². The lowest BCUT2D eigenvalue weighted by Crippen LogP contribution is -2.42. The van der Waals surface area contributed by atoms with Gasteiger partial charge in [0.25, 0.3) is 5.91 Å². The van der Waals surface area contributed by atoms with Crippen LogP contribution in [0.1, 0.15) is 50.4 Å². The molecule has 1 atom stereocenters. The zero-order chi connectivity index (χ0) is 19.3. The van der Waals surface area contributed by atoms with Crippen LogP contribution >= 0.6 is 0 Å². The monoisotopic (exact) mass is 372 g/mol. The highest BCUT2D eigenvalue weighted by Crippen LogP contribution is 2.34. The van der Waals surface area contributed by atoms with Gasteiger partial charge in [0.1, 0.15) is 5.69 Å². The van der Waals surface area contributed by atoms with Gasteiger partial charge in [0, 0.05) is 30.8 Å². The number of carbonyl (C=O) groups excluding carboxylic acids is 2. The predicted octanol–water partition coefficient (Wildman–Crippen LogP) is 4.31. The second-order valence-corrected chi connectivity index (χ2v) is 8.16. The summed E-state index contributed by atoms with van der Waals surface area (Å²) in [4.78, 5) is 31.1. The van der Waals surface area contributed by atoms with Gasteiger partial charge >= 0.3 is 0 Å². The van der Waals surface area contributed by atoms with Crippen LogP contribution < -0.4 is 0 Å². The number of nitrogens with one attached hydrogen (secondary N) is 1. The van der Waals surface area contributed by atoms with Crippen molar-refractivity contribution in [1.29, 1.82) is 0 Å². The number of rotatable bonds is 3. The van der Waals surface area contributed by atoms with Gasteiger partial charge in [-0.1, -0.05) is 30.3 Å². The molecule has 2 heterocycles. The van der Waals surface area contributed by atoms with Gasteiger partial charge in [0.05, 0.1) is 0 Å². The van der Waals surface area contributed by atoms with Gasteiger partial charge in [-0.05, 0) is 66.1 Å². The third kappa shape index (κ3) is 2.75. The topological polar surface area (TPSA) is 53.2 Å². The first kappa shape index (κ1) is 17.2. The smallest absolute Gasteiger partial charge is 0.270 e. The first-order valence-electron chi connectivity index (χ1n) is 10.1. The average molecular weight is 372 g/mol. The summed E-state index contributed by atoms with van der Waals surface area (Å²) in [6, 6.07) is 12.3. The molecule has 1 unspecified atom stereocenters. The van der Waals surface area contributed by atoms with Crippen molar-refractivity contribution in [1.82, 2.24) is 9.88 Å². The number of benzene rings is 2. The second-order valence-electron chi connectivity index (χ2n) is 8.16. The number of Topliss-reactive ketones (excluding diaryl/α,β-unsaturated/α-hetero) is 1. The van der Waals surface area contributed by atoms with Crippen molar-refractivity contribution >= 4 is 22.5 Å². The number of amides is 1. The van der Waals surface area contributed by atoms with E-state index in [-0.39, 0.29) is 17.6 Å². The number of hydrogen-bond acceptors (Lipinski definition) is 2. The van der Waals surface area contributed by atoms with Gasteiger partial charge in [0.2, 0.25) is 0 Å². The van der Waals surface area contributed by atoms with E-state index in [0.29, 0.717) is 18.8 Å². The van der Waals surface area contributed by atoms with Crippen molar-refractivity contribution < 1.29 is 9.59 Å². The normalized spacial score (nSPS) is 18.6. The maximum Gasteiger partial charge on any atom is 0.270 e. The summed E-state index contributed by atoms with van der Waals surface area (Å²) in [5, 5.41) is 2.36. The second kappa shape index (κ2) is 6.62. The summed E-state index contributed by atoms with van der Waals surface area (Å²) in [6.07, 6.45) is 5.67.